The second-order valence-electron chi connectivity index (χ2n) is 21.4. The van der Waals surface area contributed by atoms with Crippen LogP contribution in [0.4, 0.5) is 29.0 Å². The molecule has 2 amide bonds. The first-order chi connectivity index (χ1) is 48.3. The number of nitrogens with zero attached hydrogens (tertiary/aromatic N) is 15. The first-order valence-corrected chi connectivity index (χ1v) is 31.8. The van der Waals surface area contributed by atoms with Gasteiger partial charge in [-0.1, -0.05) is 5.16 Å². The Balaban J connectivity index is 0.000000118. The number of aromatic amines is 5. The zero-order valence-corrected chi connectivity index (χ0v) is 55.4. The molecule has 0 saturated carbocycles. The number of hydrogen-bond acceptors (Lipinski definition) is 26. The van der Waals surface area contributed by atoms with Crippen LogP contribution in [-0.4, -0.2) is 132 Å². The number of likely N-dealkylation sites (tertiary alicyclic amines) is 1. The number of aromatic nitrogens is 19. The fraction of sp³-hybridized carbons (Fsp3) is 0.194. The molecule has 33 nitrogen and oxygen atoms in total. The minimum Gasteiger partial charge on any atom is -0.467 e. The van der Waals surface area contributed by atoms with Gasteiger partial charge in [0.1, 0.15) is 68.5 Å². The number of carbonyl (C=O) groups excluding carboxylic acids is 2. The van der Waals surface area contributed by atoms with Gasteiger partial charge >= 0.3 is 0 Å². The fourth-order valence-electron chi connectivity index (χ4n) is 10.2. The third kappa shape index (κ3) is 17.1. The predicted octanol–water partition coefficient (Wildman–Crippen LogP) is 10.8. The number of hydrogen-bond donors (Lipinski definition) is 12. The van der Waals surface area contributed by atoms with Crippen LogP contribution in [0.1, 0.15) is 73.7 Å². The van der Waals surface area contributed by atoms with Crippen molar-refractivity contribution in [1.82, 2.24) is 105 Å². The number of carbonyl (C=O) groups is 2. The van der Waals surface area contributed by atoms with Gasteiger partial charge in [-0.15, -0.1) is 0 Å². The SMILES string of the molecule is CNC(=O)c1c[nH]c2nc(Cl)nc(NCc3ccco3)c12.Cc1nc2ncc(C(N)=O)c(NCc3ccco3)c2[nH]1.Clc1nc(NCc2cccnn2)c2cc[nH]c2n1.Clc1nc(NCc2ccco2)c2c(CN3CCCC3)c[nH]c2n1.Clc1nc(NCc2ccno2)c2[nH]cnc2n1. The molecule has 1 aliphatic rings. The van der Waals surface area contributed by atoms with E-state index in [1.54, 1.807) is 68.8 Å². The number of amides is 2. The molecule has 0 spiro atoms. The van der Waals surface area contributed by atoms with Crippen LogP contribution in [0.2, 0.25) is 21.1 Å². The summed E-state index contributed by atoms with van der Waals surface area (Å²) in [5.41, 5.74) is 13.1. The summed E-state index contributed by atoms with van der Waals surface area (Å²) in [5, 5.41) is 33.0. The van der Waals surface area contributed by atoms with Gasteiger partial charge in [0.05, 0.1) is 103 Å². The zero-order valence-electron chi connectivity index (χ0n) is 52.4. The van der Waals surface area contributed by atoms with Crippen molar-refractivity contribution in [3.05, 3.63) is 195 Å². The lowest BCUT2D eigenvalue weighted by Crippen LogP contribution is -2.18. The van der Waals surface area contributed by atoms with Gasteiger partial charge in [-0.25, -0.2) is 29.9 Å². The molecular weight excluding hydrogens is 1360 g/mol. The molecular formula is C62H59Cl4N27O6. The number of pyridine rings is 1. The highest BCUT2D eigenvalue weighted by atomic mass is 35.5. The smallest absolute Gasteiger partial charge is 0.253 e. The molecule has 0 unspecified atom stereocenters. The highest BCUT2D eigenvalue weighted by molar-refractivity contribution is 6.30. The number of rotatable bonds is 19. The Labute approximate surface area is 579 Å². The second kappa shape index (κ2) is 31.8. The van der Waals surface area contributed by atoms with Crippen LogP contribution < -0.4 is 37.6 Å². The maximum atomic E-state index is 11.9. The molecule has 99 heavy (non-hydrogen) atoms. The van der Waals surface area contributed by atoms with Gasteiger partial charge in [0.15, 0.2) is 22.9 Å². The molecule has 16 heterocycles. The van der Waals surface area contributed by atoms with Gasteiger partial charge in [0, 0.05) is 50.6 Å². The van der Waals surface area contributed by atoms with E-state index in [-0.39, 0.29) is 27.0 Å². The Bertz CT molecular complexity index is 5110. The van der Waals surface area contributed by atoms with Gasteiger partial charge in [-0.3, -0.25) is 14.5 Å². The van der Waals surface area contributed by atoms with Crippen molar-refractivity contribution in [3.8, 4) is 0 Å². The first kappa shape index (κ1) is 67.2. The molecule has 1 aliphatic heterocycles. The Morgan fingerprint density at radius 1 is 0.586 bits per heavy atom. The quantitative estimate of drug-likeness (QED) is 0.0335. The van der Waals surface area contributed by atoms with Crippen molar-refractivity contribution in [2.75, 3.05) is 46.7 Å². The summed E-state index contributed by atoms with van der Waals surface area (Å²) >= 11 is 23.6. The molecule has 37 heteroatoms. The van der Waals surface area contributed by atoms with Crippen LogP contribution in [0, 0.1) is 6.92 Å². The zero-order chi connectivity index (χ0) is 68.6. The summed E-state index contributed by atoms with van der Waals surface area (Å²) in [7, 11) is 1.56. The average Bonchev–Trinajstić information content (AvgIpc) is 1.70. The number of anilines is 5. The average molecular weight is 1420 g/mol. The maximum absolute atomic E-state index is 11.9. The molecule has 13 N–H and O–H groups in total. The number of halogens is 4. The number of H-pyrrole nitrogens is 5. The first-order valence-electron chi connectivity index (χ1n) is 30.3. The lowest BCUT2D eigenvalue weighted by Gasteiger charge is -2.14. The monoisotopic (exact) mass is 1420 g/mol. The van der Waals surface area contributed by atoms with Crippen molar-refractivity contribution >= 4 is 143 Å². The molecule has 15 aromatic rings. The number of nitrogens with two attached hydrogens (primary N) is 1. The largest absolute Gasteiger partial charge is 0.467 e. The van der Waals surface area contributed by atoms with Gasteiger partial charge in [0.25, 0.3) is 11.8 Å². The lowest BCUT2D eigenvalue weighted by molar-refractivity contribution is 0.0963. The molecule has 0 aliphatic carbocycles. The molecule has 0 atom stereocenters. The summed E-state index contributed by atoms with van der Waals surface area (Å²) in [6.07, 6.45) is 18.9. The molecule has 0 aromatic carbocycles. The van der Waals surface area contributed by atoms with E-state index in [1.807, 2.05) is 55.6 Å². The third-order valence-electron chi connectivity index (χ3n) is 14.7. The van der Waals surface area contributed by atoms with E-state index in [4.69, 9.17) is 69.9 Å². The number of aryl methyl sites for hydroxylation is 1. The number of nitrogens with one attached hydrogen (secondary N) is 11. The normalized spacial score (nSPS) is 11.9. The van der Waals surface area contributed by atoms with E-state index in [0.29, 0.717) is 112 Å². The van der Waals surface area contributed by atoms with Crippen LogP contribution >= 0.6 is 46.4 Å². The van der Waals surface area contributed by atoms with Crippen molar-refractivity contribution in [2.45, 2.75) is 59.0 Å². The van der Waals surface area contributed by atoms with E-state index in [0.717, 1.165) is 70.7 Å². The molecule has 1 fully saturated rings. The highest BCUT2D eigenvalue weighted by Crippen LogP contribution is 2.31. The van der Waals surface area contributed by atoms with Gasteiger partial charge in [-0.2, -0.15) is 35.1 Å². The second-order valence-corrected chi connectivity index (χ2v) is 22.7. The maximum Gasteiger partial charge on any atom is 0.253 e. The molecule has 15 aromatic heterocycles. The Hall–Kier alpha value is -11.8. The molecule has 16 rings (SSSR count). The van der Waals surface area contributed by atoms with Crippen LogP contribution in [-0.2, 0) is 39.3 Å². The number of furan rings is 3. The van der Waals surface area contributed by atoms with E-state index >= 15 is 0 Å². The minimum absolute atomic E-state index is 0.0924. The van der Waals surface area contributed by atoms with Gasteiger partial charge < -0.3 is 80.3 Å². The summed E-state index contributed by atoms with van der Waals surface area (Å²) in [4.78, 5) is 86.6. The van der Waals surface area contributed by atoms with Gasteiger partial charge in [0.2, 0.25) is 21.1 Å². The highest BCUT2D eigenvalue weighted by Gasteiger charge is 2.21. The summed E-state index contributed by atoms with van der Waals surface area (Å²) < 4.78 is 20.8. The topological polar surface area (TPSA) is 448 Å². The molecule has 0 radical (unpaired) electrons. The van der Waals surface area contributed by atoms with Crippen LogP contribution in [0.3, 0.4) is 0 Å². The van der Waals surface area contributed by atoms with E-state index in [1.165, 1.54) is 30.9 Å². The Morgan fingerprint density at radius 2 is 1.19 bits per heavy atom. The van der Waals surface area contributed by atoms with Gasteiger partial charge in [-0.05, 0) is 139 Å². The third-order valence-corrected chi connectivity index (χ3v) is 15.4. The van der Waals surface area contributed by atoms with Crippen molar-refractivity contribution < 1.29 is 27.4 Å². The van der Waals surface area contributed by atoms with E-state index < -0.39 is 5.91 Å². The minimum atomic E-state index is -0.548. The summed E-state index contributed by atoms with van der Waals surface area (Å²) in [6, 6.07) is 18.5. The van der Waals surface area contributed by atoms with Crippen molar-refractivity contribution in [3.63, 3.8) is 0 Å². The van der Waals surface area contributed by atoms with Crippen molar-refractivity contribution in [1.29, 1.82) is 0 Å². The molecule has 506 valence electrons. The van der Waals surface area contributed by atoms with Crippen molar-refractivity contribution in [2.24, 2.45) is 5.73 Å². The Kier molecular flexibility index (Phi) is 21.6. The number of imidazole rings is 2. The fourth-order valence-corrected chi connectivity index (χ4v) is 10.9. The lowest BCUT2D eigenvalue weighted by atomic mass is 10.2. The van der Waals surface area contributed by atoms with E-state index in [2.05, 4.69) is 132 Å². The van der Waals surface area contributed by atoms with Crippen LogP contribution in [0.5, 0.6) is 0 Å². The van der Waals surface area contributed by atoms with Crippen LogP contribution in [0.15, 0.2) is 141 Å². The summed E-state index contributed by atoms with van der Waals surface area (Å²) in [6.45, 7) is 7.43. The van der Waals surface area contributed by atoms with Crippen LogP contribution in [0.25, 0.3) is 55.4 Å². The number of primary amides is 1. The summed E-state index contributed by atoms with van der Waals surface area (Å²) in [5.74, 6) is 5.46. The number of fused-ring (bicyclic) bond motifs is 5. The predicted molar refractivity (Wildman–Crippen MR) is 370 cm³/mol. The molecule has 0 bridgehead atoms. The van der Waals surface area contributed by atoms with E-state index in [9.17, 15) is 9.59 Å². The Morgan fingerprint density at radius 3 is 1.84 bits per heavy atom. The standard InChI is InChI=1S/C16H18ClN5O.C13H12ClN5O2.C13H13N5O2.C11H9ClN6.C9H7ClN6O/c17-16-20-14-13(11(8-18-14)10-22-5-1-2-6-22)15(21-16)19-9-12-4-3-7-23-12;1-15-12(20)8-6-17-11-9(8)10(18-13(14)19-11)16-5-7-3-2-4-21-7;1-7-17-11-10(15-5-8-3-2-4-20-8)9(12(14)19)6-16-13(11)18-7;12-11-16-9-8(3-5-13-9)10(17-11)14-6-7-2-1-4-15-18-7;10-9-15-7(6-8(16-9)13-4-12-6)11-3-5-1-2-14-17-5/h3-4,7-8H,1-2,5-6,9-10H2,(H2,18,19,20,21);2-4,6H,5H2,1H3,(H,15,20)(H2,16,17,18,19);2-4,6H,5H2,1H3,(H2,14,19)(H2,15,16,17,18);1-5H,6H2,(H2,13,14,16,17);1-2,4H,3H2,(H2,11,12,13,15,16). The molecule has 1 saturated heterocycles.